The molecule has 1 spiro atoms. The minimum atomic E-state index is -1.35. The summed E-state index contributed by atoms with van der Waals surface area (Å²) >= 11 is 0. The molecule has 27 heavy (non-hydrogen) atoms. The monoisotopic (exact) mass is 381 g/mol. The SMILES string of the molecule is CCn1nccc1C(=O)N[C@@]([Si])(C#N)[C@@H]1c2ccc(F)cc2OCC12CC2. The van der Waals surface area contributed by atoms with Crippen molar-refractivity contribution in [3.63, 3.8) is 0 Å². The van der Waals surface area contributed by atoms with Gasteiger partial charge < -0.3 is 10.1 Å². The molecule has 1 aliphatic carbocycles. The molecule has 2 aliphatic rings. The average molecular weight is 381 g/mol. The molecule has 1 fully saturated rings. The van der Waals surface area contributed by atoms with Gasteiger partial charge in [0.1, 0.15) is 22.4 Å². The molecule has 6 nitrogen and oxygen atoms in total. The number of hydrogen-bond donors (Lipinski definition) is 1. The first-order chi connectivity index (χ1) is 12.9. The van der Waals surface area contributed by atoms with Crippen LogP contribution in [0.3, 0.4) is 0 Å². The van der Waals surface area contributed by atoms with E-state index in [2.05, 4.69) is 26.7 Å². The highest BCUT2D eigenvalue weighted by Crippen LogP contribution is 2.62. The third-order valence-corrected chi connectivity index (χ3v) is 6.00. The van der Waals surface area contributed by atoms with Crippen LogP contribution in [0.5, 0.6) is 5.75 Å². The van der Waals surface area contributed by atoms with E-state index in [4.69, 9.17) is 4.74 Å². The Kier molecular flexibility index (Phi) is 4.07. The van der Waals surface area contributed by atoms with Gasteiger partial charge in [-0.05, 0) is 31.9 Å². The smallest absolute Gasteiger partial charge is 0.270 e. The van der Waals surface area contributed by atoms with Crippen LogP contribution in [0.25, 0.3) is 0 Å². The van der Waals surface area contributed by atoms with Crippen LogP contribution in [0.2, 0.25) is 0 Å². The molecule has 4 rings (SSSR count). The molecule has 0 bridgehead atoms. The number of nitriles is 1. The molecule has 1 N–H and O–H groups in total. The number of amides is 1. The van der Waals surface area contributed by atoms with Gasteiger partial charge in [-0.15, -0.1) is 0 Å². The molecule has 1 amide bonds. The molecule has 2 atom stereocenters. The third kappa shape index (κ3) is 2.82. The van der Waals surface area contributed by atoms with Gasteiger partial charge in [0.25, 0.3) is 5.91 Å². The van der Waals surface area contributed by atoms with Crippen molar-refractivity contribution in [2.45, 2.75) is 37.4 Å². The number of hydrogen-bond acceptors (Lipinski definition) is 4. The van der Waals surface area contributed by atoms with Crippen molar-refractivity contribution < 1.29 is 13.9 Å². The van der Waals surface area contributed by atoms with Gasteiger partial charge in [0.15, 0.2) is 0 Å². The maximum atomic E-state index is 13.7. The predicted octanol–water partition coefficient (Wildman–Crippen LogP) is 2.12. The van der Waals surface area contributed by atoms with Gasteiger partial charge in [0.05, 0.1) is 22.9 Å². The molecule has 137 valence electrons. The van der Waals surface area contributed by atoms with Gasteiger partial charge in [-0.1, -0.05) is 6.07 Å². The number of benzene rings is 1. The van der Waals surface area contributed by atoms with Crippen LogP contribution in [-0.4, -0.2) is 37.7 Å². The largest absolute Gasteiger partial charge is 0.493 e. The Morgan fingerprint density at radius 2 is 2.33 bits per heavy atom. The topological polar surface area (TPSA) is 79.9 Å². The van der Waals surface area contributed by atoms with Crippen molar-refractivity contribution in [1.29, 1.82) is 5.26 Å². The standard InChI is InChI=1S/C19H18FN4O2Si/c1-2-24-14(5-8-22-24)17(25)23-19(27,10-21)16-13-4-3-12(20)9-15(13)26-11-18(16)6-7-18/h3-5,8-9,16H,2,6-7,11H2,1H3,(H,23,25)/t16-,19-/m1/s1. The van der Waals surface area contributed by atoms with E-state index in [-0.39, 0.29) is 11.3 Å². The van der Waals surface area contributed by atoms with Gasteiger partial charge >= 0.3 is 0 Å². The second kappa shape index (κ2) is 6.20. The minimum absolute atomic E-state index is 0.249. The number of nitrogens with zero attached hydrogens (tertiary/aromatic N) is 3. The van der Waals surface area contributed by atoms with E-state index in [1.54, 1.807) is 23.0 Å². The Balaban J connectivity index is 1.73. The van der Waals surface area contributed by atoms with E-state index in [9.17, 15) is 14.4 Å². The summed E-state index contributed by atoms with van der Waals surface area (Å²) in [6, 6.07) is 8.17. The fourth-order valence-electron chi connectivity index (χ4n) is 3.98. The summed E-state index contributed by atoms with van der Waals surface area (Å²) in [6.07, 6.45) is 3.31. The van der Waals surface area contributed by atoms with E-state index < -0.39 is 16.9 Å². The summed E-state index contributed by atoms with van der Waals surface area (Å²) in [6.45, 7) is 2.82. The molecule has 3 radical (unpaired) electrons. The first-order valence-corrected chi connectivity index (χ1v) is 9.35. The van der Waals surface area contributed by atoms with Crippen LogP contribution in [0, 0.1) is 22.6 Å². The molecule has 8 heteroatoms. The number of nitrogens with one attached hydrogen (secondary N) is 1. The van der Waals surface area contributed by atoms with Crippen LogP contribution in [0.4, 0.5) is 4.39 Å². The lowest BCUT2D eigenvalue weighted by atomic mass is 9.76. The van der Waals surface area contributed by atoms with E-state index in [1.165, 1.54) is 12.1 Å². The van der Waals surface area contributed by atoms with Crippen molar-refractivity contribution in [1.82, 2.24) is 15.1 Å². The molecule has 1 aliphatic heterocycles. The number of aromatic nitrogens is 2. The fourth-order valence-corrected chi connectivity index (χ4v) is 4.55. The van der Waals surface area contributed by atoms with Crippen molar-refractivity contribution in [3.8, 4) is 11.8 Å². The Labute approximate surface area is 159 Å². The molecule has 2 aromatic rings. The summed E-state index contributed by atoms with van der Waals surface area (Å²) in [5, 5.41) is 15.6. The Morgan fingerprint density at radius 3 is 3.00 bits per heavy atom. The molecule has 0 unspecified atom stereocenters. The van der Waals surface area contributed by atoms with E-state index >= 15 is 0 Å². The van der Waals surface area contributed by atoms with Gasteiger partial charge in [-0.2, -0.15) is 10.4 Å². The zero-order chi connectivity index (χ0) is 19.2. The Morgan fingerprint density at radius 1 is 1.56 bits per heavy atom. The second-order valence-corrected chi connectivity index (χ2v) is 7.96. The number of rotatable bonds is 4. The summed E-state index contributed by atoms with van der Waals surface area (Å²) in [5.41, 5.74) is 0.855. The molecule has 1 aromatic heterocycles. The summed E-state index contributed by atoms with van der Waals surface area (Å²) in [5.74, 6) is -0.732. The fraction of sp³-hybridized carbons (Fsp3) is 0.421. The van der Waals surface area contributed by atoms with Gasteiger partial charge in [-0.3, -0.25) is 9.48 Å². The van der Waals surface area contributed by atoms with Crippen molar-refractivity contribution in [2.75, 3.05) is 6.61 Å². The van der Waals surface area contributed by atoms with Crippen LogP contribution in [0.15, 0.2) is 30.5 Å². The van der Waals surface area contributed by atoms with Crippen LogP contribution in [0.1, 0.15) is 41.7 Å². The summed E-state index contributed by atoms with van der Waals surface area (Å²) in [7, 11) is 3.58. The van der Waals surface area contributed by atoms with E-state index in [0.29, 0.717) is 24.6 Å². The molecule has 0 saturated heterocycles. The quantitative estimate of drug-likeness (QED) is 0.823. The highest BCUT2D eigenvalue weighted by atomic mass is 28.1. The van der Waals surface area contributed by atoms with Crippen LogP contribution in [-0.2, 0) is 6.54 Å². The van der Waals surface area contributed by atoms with Crippen LogP contribution >= 0.6 is 0 Å². The molecular formula is C19H18FN4O2Si. The highest BCUT2D eigenvalue weighted by Gasteiger charge is 2.60. The third-order valence-electron chi connectivity index (χ3n) is 5.48. The number of aryl methyl sites for hydroxylation is 1. The maximum absolute atomic E-state index is 13.7. The molecular weight excluding hydrogens is 363 g/mol. The first-order valence-electron chi connectivity index (χ1n) is 8.85. The number of carbonyl (C=O) groups is 1. The molecule has 1 aromatic carbocycles. The molecule has 2 heterocycles. The van der Waals surface area contributed by atoms with E-state index in [0.717, 1.165) is 18.4 Å². The zero-order valence-electron chi connectivity index (χ0n) is 14.8. The van der Waals surface area contributed by atoms with Crippen molar-refractivity contribution in [2.24, 2.45) is 5.41 Å². The normalized spacial score (nSPS) is 21.5. The average Bonchev–Trinajstić information content (AvgIpc) is 3.24. The van der Waals surface area contributed by atoms with E-state index in [1.807, 2.05) is 6.92 Å². The van der Waals surface area contributed by atoms with Crippen LogP contribution < -0.4 is 10.1 Å². The Bertz CT molecular complexity index is 949. The maximum Gasteiger partial charge on any atom is 0.270 e. The van der Waals surface area contributed by atoms with Crippen molar-refractivity contribution in [3.05, 3.63) is 47.5 Å². The molecule has 1 saturated carbocycles. The summed E-state index contributed by atoms with van der Waals surface area (Å²) < 4.78 is 21.0. The lowest BCUT2D eigenvalue weighted by molar-refractivity contribution is 0.0890. The summed E-state index contributed by atoms with van der Waals surface area (Å²) in [4.78, 5) is 12.9. The zero-order valence-corrected chi connectivity index (χ0v) is 15.8. The number of carbonyl (C=O) groups excluding carboxylic acids is 1. The lowest BCUT2D eigenvalue weighted by Gasteiger charge is -2.42. The lowest BCUT2D eigenvalue weighted by Crippen LogP contribution is -2.56. The highest BCUT2D eigenvalue weighted by molar-refractivity contribution is 6.20. The van der Waals surface area contributed by atoms with Gasteiger partial charge in [0, 0.05) is 35.7 Å². The van der Waals surface area contributed by atoms with Gasteiger partial charge in [0.2, 0.25) is 0 Å². The first kappa shape index (κ1) is 17.7. The van der Waals surface area contributed by atoms with Crippen molar-refractivity contribution >= 4 is 16.1 Å². The number of halogens is 1. The predicted molar refractivity (Wildman–Crippen MR) is 95.8 cm³/mol. The Hall–Kier alpha value is -2.66. The minimum Gasteiger partial charge on any atom is -0.493 e. The number of ether oxygens (including phenoxy) is 1. The number of fused-ring (bicyclic) bond motifs is 1. The van der Waals surface area contributed by atoms with Gasteiger partial charge in [-0.25, -0.2) is 4.39 Å². The second-order valence-electron chi connectivity index (χ2n) is 7.17.